The van der Waals surface area contributed by atoms with Crippen molar-refractivity contribution in [3.8, 4) is 0 Å². The van der Waals surface area contributed by atoms with Crippen molar-refractivity contribution in [1.82, 2.24) is 20.4 Å². The minimum absolute atomic E-state index is 0.275. The van der Waals surface area contributed by atoms with Crippen LogP contribution in [0.3, 0.4) is 0 Å². The summed E-state index contributed by atoms with van der Waals surface area (Å²) in [5, 5.41) is 6.73. The van der Waals surface area contributed by atoms with Crippen LogP contribution >= 0.6 is 0 Å². The van der Waals surface area contributed by atoms with E-state index in [9.17, 15) is 8.42 Å². The van der Waals surface area contributed by atoms with E-state index in [0.29, 0.717) is 25.0 Å². The molecule has 0 saturated carbocycles. The van der Waals surface area contributed by atoms with Crippen molar-refractivity contribution in [3.63, 3.8) is 0 Å². The van der Waals surface area contributed by atoms with Crippen molar-refractivity contribution < 1.29 is 13.2 Å². The summed E-state index contributed by atoms with van der Waals surface area (Å²) in [6.45, 7) is 14.6. The van der Waals surface area contributed by atoms with Gasteiger partial charge in [0.1, 0.15) is 0 Å². The van der Waals surface area contributed by atoms with Gasteiger partial charge < -0.3 is 15.4 Å². The monoisotopic (exact) mass is 417 g/mol. The molecule has 0 bridgehead atoms. The molecule has 0 aromatic carbocycles. The summed E-state index contributed by atoms with van der Waals surface area (Å²) in [6.07, 6.45) is 1.13. The molecule has 0 spiro atoms. The molecular formula is C19H39N5O3S. The standard InChI is InChI=1S/C19H39N5O3S/c1-4-20-19(21-5-6-23-9-13-28(25,26)14-10-23)22-16-18(15-17(2)3)24-7-11-27-12-8-24/h17-18H,4-16H2,1-3H3,(H2,20,21,22). The minimum Gasteiger partial charge on any atom is -0.379 e. The maximum absolute atomic E-state index is 11.5. The zero-order valence-electron chi connectivity index (χ0n) is 17.8. The second kappa shape index (κ2) is 11.9. The molecule has 0 radical (unpaired) electrons. The smallest absolute Gasteiger partial charge is 0.191 e. The van der Waals surface area contributed by atoms with Crippen molar-refractivity contribution in [1.29, 1.82) is 0 Å². The molecule has 28 heavy (non-hydrogen) atoms. The molecule has 1 atom stereocenters. The van der Waals surface area contributed by atoms with E-state index >= 15 is 0 Å². The lowest BCUT2D eigenvalue weighted by Crippen LogP contribution is -2.47. The lowest BCUT2D eigenvalue weighted by atomic mass is 10.0. The highest BCUT2D eigenvalue weighted by atomic mass is 32.2. The Hall–Kier alpha value is -0.900. The third kappa shape index (κ3) is 8.63. The van der Waals surface area contributed by atoms with Crippen LogP contribution < -0.4 is 10.6 Å². The normalized spacial score (nSPS) is 22.9. The predicted molar refractivity (Wildman–Crippen MR) is 115 cm³/mol. The van der Waals surface area contributed by atoms with Gasteiger partial charge in [0.25, 0.3) is 0 Å². The molecule has 1 unspecified atom stereocenters. The van der Waals surface area contributed by atoms with E-state index in [1.54, 1.807) is 0 Å². The topological polar surface area (TPSA) is 86.3 Å². The van der Waals surface area contributed by atoms with Gasteiger partial charge in [-0.2, -0.15) is 0 Å². The number of nitrogens with zero attached hydrogens (tertiary/aromatic N) is 3. The van der Waals surface area contributed by atoms with E-state index in [2.05, 4.69) is 41.2 Å². The van der Waals surface area contributed by atoms with Crippen LogP contribution in [0.1, 0.15) is 27.2 Å². The number of nitrogens with one attached hydrogen (secondary N) is 2. The van der Waals surface area contributed by atoms with Crippen LogP contribution in [-0.4, -0.2) is 107 Å². The first-order valence-electron chi connectivity index (χ1n) is 10.7. The minimum atomic E-state index is -2.82. The zero-order valence-corrected chi connectivity index (χ0v) is 18.6. The number of guanidine groups is 1. The molecule has 164 valence electrons. The van der Waals surface area contributed by atoms with Gasteiger partial charge in [0.2, 0.25) is 0 Å². The Morgan fingerprint density at radius 2 is 1.79 bits per heavy atom. The van der Waals surface area contributed by atoms with Gasteiger partial charge in [0, 0.05) is 51.9 Å². The molecule has 2 aliphatic rings. The van der Waals surface area contributed by atoms with Crippen LogP contribution in [0.5, 0.6) is 0 Å². The number of hydrogen-bond donors (Lipinski definition) is 2. The third-order valence-electron chi connectivity index (χ3n) is 5.27. The Morgan fingerprint density at radius 1 is 1.11 bits per heavy atom. The molecule has 2 N–H and O–H groups in total. The van der Waals surface area contributed by atoms with E-state index in [1.165, 1.54) is 0 Å². The highest BCUT2D eigenvalue weighted by molar-refractivity contribution is 7.91. The fraction of sp³-hybridized carbons (Fsp3) is 0.947. The molecule has 0 aromatic rings. The fourth-order valence-corrected chi connectivity index (χ4v) is 4.95. The van der Waals surface area contributed by atoms with Crippen LogP contribution in [-0.2, 0) is 14.6 Å². The summed E-state index contributed by atoms with van der Waals surface area (Å²) in [6, 6.07) is 0.437. The first-order valence-corrected chi connectivity index (χ1v) is 12.5. The number of rotatable bonds is 9. The highest BCUT2D eigenvalue weighted by Crippen LogP contribution is 2.14. The Kier molecular flexibility index (Phi) is 9.98. The van der Waals surface area contributed by atoms with Crippen molar-refractivity contribution in [2.24, 2.45) is 10.9 Å². The molecule has 9 heteroatoms. The molecule has 2 heterocycles. The lowest BCUT2D eigenvalue weighted by Gasteiger charge is -2.34. The molecule has 0 aliphatic carbocycles. The average molecular weight is 418 g/mol. The van der Waals surface area contributed by atoms with E-state index in [0.717, 1.165) is 64.9 Å². The van der Waals surface area contributed by atoms with Gasteiger partial charge in [-0.25, -0.2) is 8.42 Å². The van der Waals surface area contributed by atoms with Gasteiger partial charge in [0.05, 0.1) is 31.3 Å². The molecule has 0 amide bonds. The molecule has 0 aromatic heterocycles. The first kappa shape index (κ1) is 23.4. The second-order valence-electron chi connectivity index (χ2n) is 8.07. The summed E-state index contributed by atoms with van der Waals surface area (Å²) in [4.78, 5) is 9.55. The Labute approximate surface area is 171 Å². The summed E-state index contributed by atoms with van der Waals surface area (Å²) in [5.74, 6) is 2.03. The van der Waals surface area contributed by atoms with Crippen LogP contribution in [0.4, 0.5) is 0 Å². The van der Waals surface area contributed by atoms with E-state index < -0.39 is 9.84 Å². The van der Waals surface area contributed by atoms with Crippen LogP contribution in [0, 0.1) is 5.92 Å². The largest absolute Gasteiger partial charge is 0.379 e. The van der Waals surface area contributed by atoms with Gasteiger partial charge >= 0.3 is 0 Å². The van der Waals surface area contributed by atoms with Gasteiger partial charge in [-0.05, 0) is 19.3 Å². The quantitative estimate of drug-likeness (QED) is 0.404. The molecule has 2 aliphatic heterocycles. The van der Waals surface area contributed by atoms with Gasteiger partial charge in [-0.1, -0.05) is 13.8 Å². The molecule has 8 nitrogen and oxygen atoms in total. The molecule has 2 rings (SSSR count). The van der Waals surface area contributed by atoms with Gasteiger partial charge in [0.15, 0.2) is 15.8 Å². The Bertz CT molecular complexity index is 562. The molecule has 2 saturated heterocycles. The third-order valence-corrected chi connectivity index (χ3v) is 6.88. The van der Waals surface area contributed by atoms with E-state index in [4.69, 9.17) is 9.73 Å². The Balaban J connectivity index is 1.83. The number of sulfone groups is 1. The number of hydrogen-bond acceptors (Lipinski definition) is 6. The number of morpholine rings is 1. The summed E-state index contributed by atoms with van der Waals surface area (Å²) < 4.78 is 28.6. The SMILES string of the molecule is CCNC(=NCC(CC(C)C)N1CCOCC1)NCCN1CCS(=O)(=O)CC1. The fourth-order valence-electron chi connectivity index (χ4n) is 3.67. The summed E-state index contributed by atoms with van der Waals surface area (Å²) in [7, 11) is -2.82. The zero-order chi connectivity index (χ0) is 20.4. The van der Waals surface area contributed by atoms with Crippen LogP contribution in [0.15, 0.2) is 4.99 Å². The maximum atomic E-state index is 11.5. The van der Waals surface area contributed by atoms with Crippen molar-refractivity contribution in [2.45, 2.75) is 33.2 Å². The van der Waals surface area contributed by atoms with Crippen LogP contribution in [0.25, 0.3) is 0 Å². The molecule has 2 fully saturated rings. The lowest BCUT2D eigenvalue weighted by molar-refractivity contribution is 0.0143. The van der Waals surface area contributed by atoms with E-state index in [1.807, 2.05) is 0 Å². The maximum Gasteiger partial charge on any atom is 0.191 e. The van der Waals surface area contributed by atoms with Crippen molar-refractivity contribution in [3.05, 3.63) is 0 Å². The number of aliphatic imine (C=N–C) groups is 1. The summed E-state index contributed by atoms with van der Waals surface area (Å²) in [5.41, 5.74) is 0. The average Bonchev–Trinajstić information content (AvgIpc) is 2.66. The van der Waals surface area contributed by atoms with Crippen molar-refractivity contribution >= 4 is 15.8 Å². The predicted octanol–water partition coefficient (Wildman–Crippen LogP) is 0.0188. The molecular weight excluding hydrogens is 378 g/mol. The number of ether oxygens (including phenoxy) is 1. The van der Waals surface area contributed by atoms with Gasteiger partial charge in [-0.3, -0.25) is 14.8 Å². The van der Waals surface area contributed by atoms with E-state index in [-0.39, 0.29) is 11.5 Å². The Morgan fingerprint density at radius 3 is 2.39 bits per heavy atom. The summed E-state index contributed by atoms with van der Waals surface area (Å²) >= 11 is 0. The van der Waals surface area contributed by atoms with Crippen LogP contribution in [0.2, 0.25) is 0 Å². The van der Waals surface area contributed by atoms with Gasteiger partial charge in [-0.15, -0.1) is 0 Å². The first-order chi connectivity index (χ1) is 13.4. The highest BCUT2D eigenvalue weighted by Gasteiger charge is 2.22. The van der Waals surface area contributed by atoms with Crippen molar-refractivity contribution in [2.75, 3.05) is 77.1 Å². The second-order valence-corrected chi connectivity index (χ2v) is 10.4.